The van der Waals surface area contributed by atoms with Crippen molar-refractivity contribution in [2.75, 3.05) is 20.1 Å². The predicted molar refractivity (Wildman–Crippen MR) is 51.7 cm³/mol. The van der Waals surface area contributed by atoms with Gasteiger partial charge in [0.1, 0.15) is 0 Å². The first-order valence-electron chi connectivity index (χ1n) is 4.05. The van der Waals surface area contributed by atoms with Crippen molar-refractivity contribution in [1.29, 1.82) is 0 Å². The van der Waals surface area contributed by atoms with Crippen LogP contribution in [0.3, 0.4) is 0 Å². The summed E-state index contributed by atoms with van der Waals surface area (Å²) in [6.45, 7) is 13.9. The van der Waals surface area contributed by atoms with Gasteiger partial charge in [-0.1, -0.05) is 32.1 Å². The fraction of sp³-hybridized carbons (Fsp3) is 0.600. The molecule has 0 amide bonds. The molecule has 1 heteroatoms. The van der Waals surface area contributed by atoms with Crippen LogP contribution < -0.4 is 0 Å². The average Bonchev–Trinajstić information content (AvgIpc) is 1.87. The Balaban J connectivity index is 3.65. The highest BCUT2D eigenvalue weighted by Crippen LogP contribution is 2.07. The van der Waals surface area contributed by atoms with E-state index in [9.17, 15) is 0 Å². The van der Waals surface area contributed by atoms with Gasteiger partial charge >= 0.3 is 0 Å². The van der Waals surface area contributed by atoms with Gasteiger partial charge in [0.25, 0.3) is 0 Å². The number of hydrogen-bond acceptors (Lipinski definition) is 1. The molecule has 0 saturated heterocycles. The molecule has 0 aliphatic heterocycles. The molecule has 0 fully saturated rings. The lowest BCUT2D eigenvalue weighted by Crippen LogP contribution is -2.22. The Morgan fingerprint density at radius 2 is 2.09 bits per heavy atom. The average molecular weight is 153 g/mol. The molecule has 0 rings (SSSR count). The van der Waals surface area contributed by atoms with Crippen molar-refractivity contribution in [2.45, 2.75) is 13.8 Å². The summed E-state index contributed by atoms with van der Waals surface area (Å²) in [7, 11) is 2.08. The van der Waals surface area contributed by atoms with Gasteiger partial charge in [-0.05, 0) is 13.0 Å². The van der Waals surface area contributed by atoms with E-state index in [2.05, 4.69) is 39.0 Å². The van der Waals surface area contributed by atoms with Crippen LogP contribution in [-0.2, 0) is 0 Å². The molecule has 0 unspecified atom stereocenters. The lowest BCUT2D eigenvalue weighted by molar-refractivity contribution is 0.390. The maximum absolute atomic E-state index is 4.00. The predicted octanol–water partition coefficient (Wildman–Crippen LogP) is 2.32. The van der Waals surface area contributed by atoms with Crippen molar-refractivity contribution >= 4 is 0 Å². The Bertz CT molecular complexity index is 136. The molecular weight excluding hydrogens is 134 g/mol. The highest BCUT2D eigenvalue weighted by Gasteiger charge is 2.02. The van der Waals surface area contributed by atoms with Crippen molar-refractivity contribution in [3.8, 4) is 0 Å². The minimum absolute atomic E-state index is 0.585. The van der Waals surface area contributed by atoms with E-state index in [4.69, 9.17) is 0 Å². The van der Waals surface area contributed by atoms with Crippen LogP contribution in [0.15, 0.2) is 24.8 Å². The first-order chi connectivity index (χ1) is 5.07. The van der Waals surface area contributed by atoms with Crippen LogP contribution >= 0.6 is 0 Å². The van der Waals surface area contributed by atoms with E-state index in [-0.39, 0.29) is 0 Å². The van der Waals surface area contributed by atoms with Crippen LogP contribution in [0.4, 0.5) is 0 Å². The van der Waals surface area contributed by atoms with E-state index in [1.54, 1.807) is 0 Å². The Hall–Kier alpha value is -0.560. The first-order valence-corrected chi connectivity index (χ1v) is 4.05. The maximum atomic E-state index is 4.00. The summed E-state index contributed by atoms with van der Waals surface area (Å²) >= 11 is 0. The quantitative estimate of drug-likeness (QED) is 0.548. The van der Waals surface area contributed by atoms with Crippen LogP contribution in [0.1, 0.15) is 13.8 Å². The number of likely N-dealkylation sites (N-methyl/N-ethyl adjacent to an activating group) is 1. The minimum Gasteiger partial charge on any atom is -0.299 e. The van der Waals surface area contributed by atoms with Crippen molar-refractivity contribution in [1.82, 2.24) is 4.90 Å². The molecular formula is C10H19N. The van der Waals surface area contributed by atoms with Gasteiger partial charge in [-0.15, -0.1) is 6.58 Å². The summed E-state index contributed by atoms with van der Waals surface area (Å²) in [5.74, 6) is 0.585. The minimum atomic E-state index is 0.585. The Kier molecular flexibility index (Phi) is 4.88. The Morgan fingerprint density at radius 1 is 1.55 bits per heavy atom. The highest BCUT2D eigenvalue weighted by molar-refractivity contribution is 5.00. The molecule has 0 heterocycles. The van der Waals surface area contributed by atoms with Crippen molar-refractivity contribution < 1.29 is 0 Å². The third kappa shape index (κ3) is 4.79. The topological polar surface area (TPSA) is 3.24 Å². The molecule has 0 saturated carbocycles. The second-order valence-corrected chi connectivity index (χ2v) is 3.30. The smallest absolute Gasteiger partial charge is 0.0192 e. The fourth-order valence-corrected chi connectivity index (χ4v) is 0.814. The van der Waals surface area contributed by atoms with Crippen LogP contribution in [0.25, 0.3) is 0 Å². The highest BCUT2D eigenvalue weighted by atomic mass is 15.1. The van der Waals surface area contributed by atoms with Crippen LogP contribution in [0, 0.1) is 5.92 Å². The van der Waals surface area contributed by atoms with Crippen molar-refractivity contribution in [2.24, 2.45) is 5.92 Å². The summed E-state index contributed by atoms with van der Waals surface area (Å²) in [6.07, 6.45) is 1.91. The van der Waals surface area contributed by atoms with E-state index in [1.165, 1.54) is 5.57 Å². The molecule has 0 aliphatic carbocycles. The summed E-state index contributed by atoms with van der Waals surface area (Å²) in [6, 6.07) is 0. The molecule has 0 aliphatic rings. The third-order valence-corrected chi connectivity index (χ3v) is 1.73. The molecule has 0 atom stereocenters. The van der Waals surface area contributed by atoms with E-state index in [0.29, 0.717) is 5.92 Å². The molecule has 0 aromatic heterocycles. The summed E-state index contributed by atoms with van der Waals surface area (Å²) in [5.41, 5.74) is 1.29. The Labute approximate surface area is 70.4 Å². The van der Waals surface area contributed by atoms with Crippen LogP contribution in [-0.4, -0.2) is 25.0 Å². The Morgan fingerprint density at radius 3 is 2.45 bits per heavy atom. The van der Waals surface area contributed by atoms with Gasteiger partial charge in [0.15, 0.2) is 0 Å². The van der Waals surface area contributed by atoms with E-state index in [1.807, 2.05) is 6.08 Å². The summed E-state index contributed by atoms with van der Waals surface area (Å²) in [4.78, 5) is 2.20. The van der Waals surface area contributed by atoms with Gasteiger partial charge < -0.3 is 0 Å². The lowest BCUT2D eigenvalue weighted by Gasteiger charge is -2.17. The first kappa shape index (κ1) is 10.4. The summed E-state index contributed by atoms with van der Waals surface area (Å²) < 4.78 is 0. The largest absolute Gasteiger partial charge is 0.299 e. The summed E-state index contributed by atoms with van der Waals surface area (Å²) in [5, 5.41) is 0. The molecule has 64 valence electrons. The van der Waals surface area contributed by atoms with Crippen LogP contribution in [0.2, 0.25) is 0 Å². The monoisotopic (exact) mass is 153 g/mol. The third-order valence-electron chi connectivity index (χ3n) is 1.73. The van der Waals surface area contributed by atoms with Crippen LogP contribution in [0.5, 0.6) is 0 Å². The molecule has 1 nitrogen and oxygen atoms in total. The van der Waals surface area contributed by atoms with Gasteiger partial charge in [-0.2, -0.15) is 0 Å². The standard InChI is InChI=1S/C10H19N/c1-6-7-11(5)8-10(4)9(2)3/h6,9H,1,4,7-8H2,2-3,5H3. The molecule has 0 aromatic carbocycles. The normalized spacial score (nSPS) is 10.6. The zero-order valence-corrected chi connectivity index (χ0v) is 7.93. The molecule has 0 aromatic rings. The van der Waals surface area contributed by atoms with Gasteiger partial charge in [0.2, 0.25) is 0 Å². The second kappa shape index (κ2) is 5.14. The van der Waals surface area contributed by atoms with Crippen molar-refractivity contribution in [3.05, 3.63) is 24.8 Å². The van der Waals surface area contributed by atoms with E-state index >= 15 is 0 Å². The zero-order valence-electron chi connectivity index (χ0n) is 7.93. The number of rotatable bonds is 5. The van der Waals surface area contributed by atoms with Gasteiger partial charge in [0.05, 0.1) is 0 Å². The molecule has 0 radical (unpaired) electrons. The number of nitrogens with zero attached hydrogens (tertiary/aromatic N) is 1. The molecule has 0 spiro atoms. The molecule has 0 N–H and O–H groups in total. The second-order valence-electron chi connectivity index (χ2n) is 3.30. The van der Waals surface area contributed by atoms with E-state index in [0.717, 1.165) is 13.1 Å². The SMILES string of the molecule is C=CCN(C)CC(=C)C(C)C. The van der Waals surface area contributed by atoms with Crippen molar-refractivity contribution in [3.63, 3.8) is 0 Å². The fourth-order valence-electron chi connectivity index (χ4n) is 0.814. The maximum Gasteiger partial charge on any atom is 0.0192 e. The van der Waals surface area contributed by atoms with Gasteiger partial charge in [-0.25, -0.2) is 0 Å². The van der Waals surface area contributed by atoms with E-state index < -0.39 is 0 Å². The number of hydrogen-bond donors (Lipinski definition) is 0. The van der Waals surface area contributed by atoms with Gasteiger partial charge in [-0.3, -0.25) is 4.90 Å². The molecule has 0 bridgehead atoms. The molecule has 11 heavy (non-hydrogen) atoms. The van der Waals surface area contributed by atoms with Gasteiger partial charge in [0, 0.05) is 13.1 Å². The zero-order chi connectivity index (χ0) is 8.85. The lowest BCUT2D eigenvalue weighted by atomic mass is 10.1.